The molecule has 124 valence electrons. The van der Waals surface area contributed by atoms with E-state index in [-0.39, 0.29) is 5.60 Å². The van der Waals surface area contributed by atoms with E-state index in [1.807, 2.05) is 12.1 Å². The first-order chi connectivity index (χ1) is 11.1. The van der Waals surface area contributed by atoms with Gasteiger partial charge in [0.05, 0.1) is 5.60 Å². The summed E-state index contributed by atoms with van der Waals surface area (Å²) in [6, 6.07) is 6.11. The van der Waals surface area contributed by atoms with Crippen LogP contribution in [0.4, 0.5) is 0 Å². The van der Waals surface area contributed by atoms with Gasteiger partial charge in [-0.2, -0.15) is 0 Å². The molecule has 0 bridgehead atoms. The summed E-state index contributed by atoms with van der Waals surface area (Å²) in [7, 11) is 0. The average molecular weight is 312 g/mol. The molecule has 1 N–H and O–H groups in total. The first-order valence-electron chi connectivity index (χ1n) is 9.59. The maximum Gasteiger partial charge on any atom is 0.115 e. The van der Waals surface area contributed by atoms with Crippen molar-refractivity contribution in [1.29, 1.82) is 0 Å². The van der Waals surface area contributed by atoms with Crippen LogP contribution in [0.3, 0.4) is 0 Å². The molecule has 1 aromatic carbocycles. The summed E-state index contributed by atoms with van der Waals surface area (Å²) in [4.78, 5) is 0. The molecule has 3 aliphatic carbocycles. The molecule has 3 fully saturated rings. The molecule has 1 heterocycles. The van der Waals surface area contributed by atoms with E-state index in [0.717, 1.165) is 24.9 Å². The lowest BCUT2D eigenvalue weighted by molar-refractivity contribution is -0.114. The molecule has 0 amide bonds. The third-order valence-electron chi connectivity index (χ3n) is 8.10. The summed E-state index contributed by atoms with van der Waals surface area (Å²) in [5.41, 5.74) is 3.55. The second-order valence-corrected chi connectivity index (χ2v) is 8.74. The number of hydrogen-bond acceptors (Lipinski definition) is 2. The van der Waals surface area contributed by atoms with Gasteiger partial charge in [-0.15, -0.1) is 0 Å². The monoisotopic (exact) mass is 312 g/mol. The molecule has 1 spiro atoms. The van der Waals surface area contributed by atoms with Gasteiger partial charge in [0.25, 0.3) is 0 Å². The molecule has 2 heteroatoms. The number of aromatic hydroxyl groups is 1. The standard InChI is InChI=1S/C21H28O2/c1-20-10-7-17-16-6-4-15(22)13-14(16)3-5-18(17)19(20)8-11-21(20)9-2-12-23-21/h4,6,13,17-19,22H,2-3,5,7-12H2,1H3/t17-,18-,19+,20+,21?/m1/s1. The Morgan fingerprint density at radius 2 is 2.04 bits per heavy atom. The van der Waals surface area contributed by atoms with E-state index < -0.39 is 0 Å². The molecule has 5 atom stereocenters. The number of hydrogen-bond donors (Lipinski definition) is 1. The van der Waals surface area contributed by atoms with Crippen LogP contribution in [-0.4, -0.2) is 17.3 Å². The van der Waals surface area contributed by atoms with Crippen LogP contribution in [0.1, 0.15) is 68.9 Å². The lowest BCUT2D eigenvalue weighted by Gasteiger charge is -2.53. The fourth-order valence-corrected chi connectivity index (χ4v) is 7.01. The maximum atomic E-state index is 9.80. The minimum Gasteiger partial charge on any atom is -0.508 e. The van der Waals surface area contributed by atoms with Crippen molar-refractivity contribution < 1.29 is 9.84 Å². The molecule has 23 heavy (non-hydrogen) atoms. The fourth-order valence-electron chi connectivity index (χ4n) is 7.01. The number of phenols is 1. The lowest BCUT2D eigenvalue weighted by atomic mass is 9.53. The third-order valence-corrected chi connectivity index (χ3v) is 8.10. The van der Waals surface area contributed by atoms with E-state index in [2.05, 4.69) is 13.0 Å². The summed E-state index contributed by atoms with van der Waals surface area (Å²) in [6.07, 6.45) is 10.3. The highest BCUT2D eigenvalue weighted by molar-refractivity contribution is 5.40. The van der Waals surface area contributed by atoms with Gasteiger partial charge in [0.15, 0.2) is 0 Å². The quantitative estimate of drug-likeness (QED) is 0.746. The normalized spacial score (nSPS) is 44.8. The minimum atomic E-state index is 0.206. The molecule has 1 aromatic rings. The maximum absolute atomic E-state index is 9.80. The molecular formula is C21H28O2. The predicted octanol–water partition coefficient (Wildman–Crippen LogP) is 4.80. The van der Waals surface area contributed by atoms with Crippen molar-refractivity contribution in [2.75, 3.05) is 6.61 Å². The second-order valence-electron chi connectivity index (χ2n) is 8.74. The van der Waals surface area contributed by atoms with Crippen LogP contribution in [0.5, 0.6) is 5.75 Å². The average Bonchev–Trinajstić information content (AvgIpc) is 3.14. The van der Waals surface area contributed by atoms with Gasteiger partial charge in [-0.3, -0.25) is 0 Å². The molecule has 1 saturated heterocycles. The third kappa shape index (κ3) is 1.79. The van der Waals surface area contributed by atoms with Gasteiger partial charge in [0.2, 0.25) is 0 Å². The molecule has 0 aromatic heterocycles. The van der Waals surface area contributed by atoms with E-state index in [0.29, 0.717) is 17.1 Å². The summed E-state index contributed by atoms with van der Waals surface area (Å²) in [6.45, 7) is 3.54. The van der Waals surface area contributed by atoms with E-state index in [9.17, 15) is 5.11 Å². The van der Waals surface area contributed by atoms with Crippen LogP contribution >= 0.6 is 0 Å². The van der Waals surface area contributed by atoms with Gasteiger partial charge in [-0.25, -0.2) is 0 Å². The first-order valence-corrected chi connectivity index (χ1v) is 9.59. The van der Waals surface area contributed by atoms with Crippen molar-refractivity contribution in [2.45, 2.75) is 69.8 Å². The highest BCUT2D eigenvalue weighted by atomic mass is 16.5. The van der Waals surface area contributed by atoms with E-state index in [4.69, 9.17) is 4.74 Å². The second kappa shape index (κ2) is 4.75. The van der Waals surface area contributed by atoms with Crippen molar-refractivity contribution >= 4 is 0 Å². The minimum absolute atomic E-state index is 0.206. The van der Waals surface area contributed by atoms with Gasteiger partial charge in [-0.05, 0) is 97.8 Å². The van der Waals surface area contributed by atoms with E-state index in [1.54, 1.807) is 0 Å². The van der Waals surface area contributed by atoms with Gasteiger partial charge >= 0.3 is 0 Å². The number of fused-ring (bicyclic) bond motifs is 6. The lowest BCUT2D eigenvalue weighted by Crippen LogP contribution is -2.50. The van der Waals surface area contributed by atoms with Crippen LogP contribution in [-0.2, 0) is 11.2 Å². The fraction of sp³-hybridized carbons (Fsp3) is 0.714. The zero-order valence-electron chi connectivity index (χ0n) is 14.2. The molecule has 1 aliphatic heterocycles. The topological polar surface area (TPSA) is 29.5 Å². The number of phenolic OH excluding ortho intramolecular Hbond substituents is 1. The first kappa shape index (κ1) is 14.3. The van der Waals surface area contributed by atoms with Gasteiger partial charge in [-0.1, -0.05) is 13.0 Å². The Morgan fingerprint density at radius 1 is 1.13 bits per heavy atom. The Labute approximate surface area is 139 Å². The number of aryl methyl sites for hydroxylation is 1. The largest absolute Gasteiger partial charge is 0.508 e. The summed E-state index contributed by atoms with van der Waals surface area (Å²) < 4.78 is 6.41. The van der Waals surface area contributed by atoms with Crippen molar-refractivity contribution in [3.05, 3.63) is 29.3 Å². The van der Waals surface area contributed by atoms with E-state index in [1.165, 1.54) is 56.1 Å². The zero-order chi connectivity index (χ0) is 15.7. The number of ether oxygens (including phenoxy) is 1. The Bertz CT molecular complexity index is 631. The Hall–Kier alpha value is -1.02. The molecule has 0 radical (unpaired) electrons. The zero-order valence-corrected chi connectivity index (χ0v) is 14.2. The van der Waals surface area contributed by atoms with Crippen LogP contribution in [0.2, 0.25) is 0 Å². The van der Waals surface area contributed by atoms with Crippen LogP contribution in [0.25, 0.3) is 0 Å². The molecule has 2 nitrogen and oxygen atoms in total. The van der Waals surface area contributed by atoms with E-state index >= 15 is 0 Å². The van der Waals surface area contributed by atoms with Gasteiger partial charge in [0.1, 0.15) is 5.75 Å². The number of benzene rings is 1. The summed E-state index contributed by atoms with van der Waals surface area (Å²) in [5.74, 6) is 2.81. The molecule has 4 aliphatic rings. The molecule has 5 rings (SSSR count). The van der Waals surface area contributed by atoms with Gasteiger partial charge < -0.3 is 9.84 Å². The van der Waals surface area contributed by atoms with Crippen molar-refractivity contribution in [3.63, 3.8) is 0 Å². The Morgan fingerprint density at radius 3 is 2.87 bits per heavy atom. The highest BCUT2D eigenvalue weighted by Crippen LogP contribution is 2.67. The van der Waals surface area contributed by atoms with Crippen LogP contribution in [0, 0.1) is 17.3 Å². The van der Waals surface area contributed by atoms with Gasteiger partial charge in [0, 0.05) is 6.61 Å². The summed E-state index contributed by atoms with van der Waals surface area (Å²) >= 11 is 0. The van der Waals surface area contributed by atoms with Crippen LogP contribution in [0.15, 0.2) is 18.2 Å². The Balaban J connectivity index is 1.51. The van der Waals surface area contributed by atoms with Crippen LogP contribution < -0.4 is 0 Å². The smallest absolute Gasteiger partial charge is 0.115 e. The molecule has 2 saturated carbocycles. The SMILES string of the molecule is C[C@]12CC[C@@H]3c4ccc(O)cc4CC[C@H]3[C@@H]1CCC21CCCO1. The summed E-state index contributed by atoms with van der Waals surface area (Å²) in [5, 5.41) is 9.80. The Kier molecular flexibility index (Phi) is 2.96. The van der Waals surface area contributed by atoms with Crippen molar-refractivity contribution in [3.8, 4) is 5.75 Å². The molecular weight excluding hydrogens is 284 g/mol. The van der Waals surface area contributed by atoms with Crippen molar-refractivity contribution in [2.24, 2.45) is 17.3 Å². The molecule has 1 unspecified atom stereocenters. The number of rotatable bonds is 0. The van der Waals surface area contributed by atoms with Crippen molar-refractivity contribution in [1.82, 2.24) is 0 Å². The predicted molar refractivity (Wildman–Crippen MR) is 90.6 cm³/mol. The highest BCUT2D eigenvalue weighted by Gasteiger charge is 2.63.